The third kappa shape index (κ3) is 4.25. The number of pyridine rings is 1. The molecule has 3 aromatic rings. The molecule has 8 nitrogen and oxygen atoms in total. The molecule has 4 rings (SSSR count). The van der Waals surface area contributed by atoms with Crippen LogP contribution in [0.5, 0.6) is 0 Å². The fraction of sp³-hybridized carbons (Fsp3) is 0.381. The topological polar surface area (TPSA) is 93.0 Å². The van der Waals surface area contributed by atoms with Crippen molar-refractivity contribution in [2.45, 2.75) is 39.9 Å². The maximum absolute atomic E-state index is 13.0. The molecule has 0 aliphatic carbocycles. The fourth-order valence-corrected chi connectivity index (χ4v) is 4.18. The summed E-state index contributed by atoms with van der Waals surface area (Å²) in [7, 11) is 0. The van der Waals surface area contributed by atoms with Gasteiger partial charge in [0.1, 0.15) is 4.88 Å². The van der Waals surface area contributed by atoms with E-state index in [1.165, 1.54) is 11.3 Å². The van der Waals surface area contributed by atoms with E-state index in [-0.39, 0.29) is 11.8 Å². The summed E-state index contributed by atoms with van der Waals surface area (Å²) in [5.74, 6) is 0.114. The van der Waals surface area contributed by atoms with Crippen molar-refractivity contribution in [2.75, 3.05) is 6.54 Å². The van der Waals surface area contributed by atoms with Gasteiger partial charge in [-0.15, -0.1) is 11.3 Å². The number of carbonyl (C=O) groups excluding carboxylic acids is 2. The van der Waals surface area contributed by atoms with Gasteiger partial charge in [-0.3, -0.25) is 24.2 Å². The number of hydrogen-bond donors (Lipinski definition) is 1. The van der Waals surface area contributed by atoms with Crippen LogP contribution in [0.15, 0.2) is 36.2 Å². The van der Waals surface area contributed by atoms with E-state index in [2.05, 4.69) is 34.2 Å². The molecule has 0 unspecified atom stereocenters. The Kier molecular flexibility index (Phi) is 5.89. The van der Waals surface area contributed by atoms with Gasteiger partial charge < -0.3 is 10.2 Å². The van der Waals surface area contributed by atoms with Crippen molar-refractivity contribution in [3.63, 3.8) is 0 Å². The Hall–Kier alpha value is -3.07. The highest BCUT2D eigenvalue weighted by molar-refractivity contribution is 7.11. The Morgan fingerprint density at radius 2 is 2.13 bits per heavy atom. The van der Waals surface area contributed by atoms with Crippen LogP contribution in [-0.4, -0.2) is 43.0 Å². The van der Waals surface area contributed by atoms with Gasteiger partial charge in [0.05, 0.1) is 18.3 Å². The number of hydrogen-bond acceptors (Lipinski definition) is 6. The summed E-state index contributed by atoms with van der Waals surface area (Å²) in [6.07, 6.45) is 5.69. The third-order valence-electron chi connectivity index (χ3n) is 4.99. The lowest BCUT2D eigenvalue weighted by Gasteiger charge is -2.27. The second-order valence-corrected chi connectivity index (χ2v) is 8.62. The lowest BCUT2D eigenvalue weighted by Crippen LogP contribution is -2.37. The van der Waals surface area contributed by atoms with Crippen molar-refractivity contribution in [1.82, 2.24) is 30.0 Å². The number of aromatic nitrogens is 4. The lowest BCUT2D eigenvalue weighted by molar-refractivity contribution is 0.0734. The molecule has 2 amide bonds. The highest BCUT2D eigenvalue weighted by Crippen LogP contribution is 2.25. The van der Waals surface area contributed by atoms with Crippen molar-refractivity contribution in [1.29, 1.82) is 0 Å². The zero-order chi connectivity index (χ0) is 21.1. The second-order valence-electron chi connectivity index (χ2n) is 7.74. The minimum atomic E-state index is -0.232. The molecule has 30 heavy (non-hydrogen) atoms. The average Bonchev–Trinajstić information content (AvgIpc) is 3.40. The molecule has 1 N–H and O–H groups in total. The predicted octanol–water partition coefficient (Wildman–Crippen LogP) is 2.52. The number of nitrogens with zero attached hydrogens (tertiary/aromatic N) is 5. The monoisotopic (exact) mass is 424 g/mol. The van der Waals surface area contributed by atoms with Gasteiger partial charge in [-0.1, -0.05) is 19.9 Å². The fourth-order valence-electron chi connectivity index (χ4n) is 3.59. The molecule has 0 saturated heterocycles. The van der Waals surface area contributed by atoms with Crippen LogP contribution < -0.4 is 5.32 Å². The predicted molar refractivity (Wildman–Crippen MR) is 113 cm³/mol. The van der Waals surface area contributed by atoms with Crippen molar-refractivity contribution in [3.05, 3.63) is 63.6 Å². The highest BCUT2D eigenvalue weighted by atomic mass is 32.1. The van der Waals surface area contributed by atoms with Crippen LogP contribution in [0.1, 0.15) is 50.8 Å². The van der Waals surface area contributed by atoms with Crippen LogP contribution in [0.3, 0.4) is 0 Å². The van der Waals surface area contributed by atoms with Gasteiger partial charge in [0.2, 0.25) is 0 Å². The zero-order valence-electron chi connectivity index (χ0n) is 17.0. The van der Waals surface area contributed by atoms with Gasteiger partial charge in [-0.25, -0.2) is 0 Å². The first-order valence-corrected chi connectivity index (χ1v) is 10.8. The van der Waals surface area contributed by atoms with Crippen LogP contribution in [-0.2, 0) is 26.1 Å². The van der Waals surface area contributed by atoms with E-state index in [0.717, 1.165) is 23.4 Å². The first kappa shape index (κ1) is 20.2. The summed E-state index contributed by atoms with van der Waals surface area (Å²) in [5, 5.41) is 7.58. The number of carbonyl (C=O) groups is 2. The lowest BCUT2D eigenvalue weighted by atomic mass is 10.0. The van der Waals surface area contributed by atoms with Gasteiger partial charge in [0.15, 0.2) is 5.69 Å². The first-order chi connectivity index (χ1) is 14.5. The summed E-state index contributed by atoms with van der Waals surface area (Å²) in [6, 6.07) is 3.75. The van der Waals surface area contributed by atoms with Gasteiger partial charge >= 0.3 is 0 Å². The largest absolute Gasteiger partial charge is 0.346 e. The smallest absolute Gasteiger partial charge is 0.272 e. The standard InChI is InChI=1S/C21H24N6O2S/c1-14(2)11-27-17-5-7-26(21(29)18-10-23-13-30-18)12-16(17)19(25-27)20(28)24-9-15-4-3-6-22-8-15/h3-4,6,8,10,13-14H,5,7,9,11-12H2,1-2H3,(H,24,28). The molecule has 9 heteroatoms. The quantitative estimate of drug-likeness (QED) is 0.656. The van der Waals surface area contributed by atoms with E-state index in [4.69, 9.17) is 0 Å². The molecular formula is C21H24N6O2S. The summed E-state index contributed by atoms with van der Waals surface area (Å²) in [5.41, 5.74) is 4.85. The molecule has 0 bridgehead atoms. The van der Waals surface area contributed by atoms with Gasteiger partial charge in [-0.05, 0) is 17.5 Å². The van der Waals surface area contributed by atoms with E-state index in [9.17, 15) is 9.59 Å². The molecule has 0 radical (unpaired) electrons. The Morgan fingerprint density at radius 3 is 2.83 bits per heavy atom. The molecule has 156 valence electrons. The minimum absolute atomic E-state index is 0.0542. The van der Waals surface area contributed by atoms with Crippen LogP contribution in [0, 0.1) is 5.92 Å². The Balaban J connectivity index is 1.58. The zero-order valence-corrected chi connectivity index (χ0v) is 17.9. The van der Waals surface area contributed by atoms with Crippen LogP contribution in [0.4, 0.5) is 0 Å². The molecule has 0 atom stereocenters. The van der Waals surface area contributed by atoms with Gasteiger partial charge in [0.25, 0.3) is 11.8 Å². The van der Waals surface area contributed by atoms with Gasteiger partial charge in [-0.2, -0.15) is 5.10 Å². The Labute approximate surface area is 179 Å². The molecular weight excluding hydrogens is 400 g/mol. The Bertz CT molecular complexity index is 1030. The number of thiazole rings is 1. The van der Waals surface area contributed by atoms with Crippen LogP contribution in [0.25, 0.3) is 0 Å². The van der Waals surface area contributed by atoms with E-state index in [1.807, 2.05) is 16.8 Å². The maximum atomic E-state index is 13.0. The highest BCUT2D eigenvalue weighted by Gasteiger charge is 2.31. The van der Waals surface area contributed by atoms with Crippen molar-refractivity contribution in [3.8, 4) is 0 Å². The SMILES string of the molecule is CC(C)Cn1nc(C(=O)NCc2cccnc2)c2c1CCN(C(=O)c1cncs1)C2. The van der Waals surface area contributed by atoms with E-state index < -0.39 is 0 Å². The summed E-state index contributed by atoms with van der Waals surface area (Å²) >= 11 is 1.33. The number of nitrogens with one attached hydrogen (secondary N) is 1. The minimum Gasteiger partial charge on any atom is -0.346 e. The number of fused-ring (bicyclic) bond motifs is 1. The summed E-state index contributed by atoms with van der Waals surface area (Å²) in [6.45, 7) is 6.34. The van der Waals surface area contributed by atoms with Crippen molar-refractivity contribution < 1.29 is 9.59 Å². The molecule has 1 aliphatic heterocycles. The van der Waals surface area contributed by atoms with Crippen molar-refractivity contribution in [2.24, 2.45) is 5.92 Å². The van der Waals surface area contributed by atoms with E-state index >= 15 is 0 Å². The molecule has 0 spiro atoms. The molecule has 0 aromatic carbocycles. The number of rotatable bonds is 6. The van der Waals surface area contributed by atoms with E-state index in [0.29, 0.717) is 42.5 Å². The third-order valence-corrected chi connectivity index (χ3v) is 5.75. The maximum Gasteiger partial charge on any atom is 0.272 e. The first-order valence-electron chi connectivity index (χ1n) is 9.96. The van der Waals surface area contributed by atoms with Gasteiger partial charge in [0, 0.05) is 49.7 Å². The number of amides is 2. The molecule has 4 heterocycles. The second kappa shape index (κ2) is 8.74. The molecule has 3 aromatic heterocycles. The van der Waals surface area contributed by atoms with Crippen LogP contribution >= 0.6 is 11.3 Å². The van der Waals surface area contributed by atoms with Crippen LogP contribution in [0.2, 0.25) is 0 Å². The Morgan fingerprint density at radius 1 is 1.27 bits per heavy atom. The normalized spacial score (nSPS) is 13.4. The molecule has 1 aliphatic rings. The average molecular weight is 425 g/mol. The summed E-state index contributed by atoms with van der Waals surface area (Å²) in [4.78, 5) is 36.2. The van der Waals surface area contributed by atoms with E-state index in [1.54, 1.807) is 29.0 Å². The van der Waals surface area contributed by atoms with Crippen molar-refractivity contribution >= 4 is 23.2 Å². The molecule has 0 saturated carbocycles. The summed E-state index contributed by atoms with van der Waals surface area (Å²) < 4.78 is 1.94. The molecule has 0 fully saturated rings.